The smallest absolute Gasteiger partial charge is 0.231 e. The summed E-state index contributed by atoms with van der Waals surface area (Å²) in [6.45, 7) is 10.1. The molecule has 0 amide bonds. The number of hydrogen-bond acceptors (Lipinski definition) is 4. The number of ether oxygens (including phenoxy) is 2. The molecule has 108 valence electrons. The first kappa shape index (κ1) is 13.3. The summed E-state index contributed by atoms with van der Waals surface area (Å²) in [4.78, 5) is 12.7. The summed E-state index contributed by atoms with van der Waals surface area (Å²) in [6, 6.07) is 2.09. The van der Waals surface area contributed by atoms with Crippen molar-refractivity contribution in [1.82, 2.24) is 0 Å². The zero-order valence-electron chi connectivity index (χ0n) is 12.7. The zero-order valence-corrected chi connectivity index (χ0v) is 12.7. The molecule has 0 bridgehead atoms. The van der Waals surface area contributed by atoms with Gasteiger partial charge in [0.15, 0.2) is 17.3 Å². The molecule has 1 aromatic carbocycles. The minimum atomic E-state index is -0.607. The lowest BCUT2D eigenvalue weighted by Crippen LogP contribution is -2.53. The number of carbonyl (C=O) groups is 1. The Morgan fingerprint density at radius 2 is 1.85 bits per heavy atom. The summed E-state index contributed by atoms with van der Waals surface area (Å²) in [6.07, 6.45) is 0.854. The van der Waals surface area contributed by atoms with Gasteiger partial charge in [0.25, 0.3) is 0 Å². The number of anilines is 1. The molecule has 2 heterocycles. The highest BCUT2D eigenvalue weighted by molar-refractivity contribution is 6.04. The van der Waals surface area contributed by atoms with E-state index in [1.54, 1.807) is 0 Å². The van der Waals surface area contributed by atoms with E-state index >= 15 is 0 Å². The van der Waals surface area contributed by atoms with Crippen molar-refractivity contribution >= 4 is 11.5 Å². The molecule has 0 radical (unpaired) electrons. The summed E-state index contributed by atoms with van der Waals surface area (Å²) in [5.74, 6) is 1.77. The van der Waals surface area contributed by atoms with Gasteiger partial charge in [0, 0.05) is 0 Å². The van der Waals surface area contributed by atoms with Crippen LogP contribution in [0.25, 0.3) is 0 Å². The van der Waals surface area contributed by atoms with Crippen molar-refractivity contribution in [3.63, 3.8) is 0 Å². The molecule has 4 heteroatoms. The Bertz CT molecular complexity index is 602. The van der Waals surface area contributed by atoms with Gasteiger partial charge in [-0.1, -0.05) is 6.92 Å². The lowest BCUT2D eigenvalue weighted by atomic mass is 9.69. The van der Waals surface area contributed by atoms with Crippen LogP contribution >= 0.6 is 0 Å². The predicted octanol–water partition coefficient (Wildman–Crippen LogP) is 3.03. The van der Waals surface area contributed by atoms with E-state index < -0.39 is 11.0 Å². The van der Waals surface area contributed by atoms with E-state index in [0.29, 0.717) is 0 Å². The van der Waals surface area contributed by atoms with Crippen molar-refractivity contribution in [2.45, 2.75) is 52.0 Å². The average molecular weight is 275 g/mol. The van der Waals surface area contributed by atoms with Gasteiger partial charge in [-0.3, -0.25) is 4.79 Å². The van der Waals surface area contributed by atoms with Crippen molar-refractivity contribution in [2.75, 3.05) is 12.1 Å². The summed E-state index contributed by atoms with van der Waals surface area (Å²) in [5.41, 5.74) is 1.87. The highest BCUT2D eigenvalue weighted by Crippen LogP contribution is 2.51. The van der Waals surface area contributed by atoms with E-state index in [1.165, 1.54) is 0 Å². The number of fused-ring (bicyclic) bond motifs is 3. The molecule has 0 aliphatic carbocycles. The van der Waals surface area contributed by atoms with E-state index in [4.69, 9.17) is 9.47 Å². The van der Waals surface area contributed by atoms with Gasteiger partial charge < -0.3 is 14.8 Å². The molecule has 20 heavy (non-hydrogen) atoms. The molecule has 0 atom stereocenters. The zero-order chi connectivity index (χ0) is 14.7. The lowest BCUT2D eigenvalue weighted by molar-refractivity contribution is -0.127. The Kier molecular flexibility index (Phi) is 2.59. The van der Waals surface area contributed by atoms with E-state index in [2.05, 4.69) is 18.3 Å². The fourth-order valence-electron chi connectivity index (χ4n) is 3.29. The highest BCUT2D eigenvalue weighted by atomic mass is 16.7. The second kappa shape index (κ2) is 3.90. The van der Waals surface area contributed by atoms with Gasteiger partial charge in [-0.25, -0.2) is 0 Å². The number of carbonyl (C=O) groups excluding carboxylic acids is 1. The minimum absolute atomic E-state index is 0.193. The van der Waals surface area contributed by atoms with Crippen LogP contribution in [-0.2, 0) is 16.6 Å². The third kappa shape index (κ3) is 1.57. The first-order valence-electron chi connectivity index (χ1n) is 7.08. The Balaban J connectivity index is 2.30. The maximum absolute atomic E-state index is 12.7. The summed E-state index contributed by atoms with van der Waals surface area (Å²) < 4.78 is 11.3. The Hall–Kier alpha value is -1.71. The first-order valence-corrected chi connectivity index (χ1v) is 7.08. The number of aryl methyl sites for hydroxylation is 1. The SMILES string of the molecule is CCc1cc2c(c3c1OCO3)NC(C)(C)C(=O)C2(C)C. The second-order valence-electron chi connectivity index (χ2n) is 6.58. The molecule has 4 nitrogen and oxygen atoms in total. The predicted molar refractivity (Wildman–Crippen MR) is 77.7 cm³/mol. The monoisotopic (exact) mass is 275 g/mol. The first-order chi connectivity index (χ1) is 9.29. The fourth-order valence-corrected chi connectivity index (χ4v) is 3.29. The van der Waals surface area contributed by atoms with Crippen LogP contribution in [0.4, 0.5) is 5.69 Å². The number of hydrogen-bond donors (Lipinski definition) is 1. The van der Waals surface area contributed by atoms with Crippen LogP contribution in [-0.4, -0.2) is 18.1 Å². The number of nitrogens with one attached hydrogen (secondary N) is 1. The third-order valence-corrected chi connectivity index (χ3v) is 4.35. The molecule has 2 aliphatic heterocycles. The third-order valence-electron chi connectivity index (χ3n) is 4.35. The molecule has 0 fully saturated rings. The van der Waals surface area contributed by atoms with E-state index in [1.807, 2.05) is 27.7 Å². The van der Waals surface area contributed by atoms with Crippen LogP contribution in [0.2, 0.25) is 0 Å². The van der Waals surface area contributed by atoms with Crippen LogP contribution in [0.1, 0.15) is 45.7 Å². The largest absolute Gasteiger partial charge is 0.453 e. The standard InChI is InChI=1S/C16H21NO3/c1-6-9-7-10-11(13-12(9)19-8-20-13)17-16(4,5)14(18)15(10,2)3/h7,17H,6,8H2,1-5H3. The molecule has 0 spiro atoms. The second-order valence-corrected chi connectivity index (χ2v) is 6.58. The van der Waals surface area contributed by atoms with Gasteiger partial charge in [-0.15, -0.1) is 0 Å². The Morgan fingerprint density at radius 3 is 2.50 bits per heavy atom. The van der Waals surface area contributed by atoms with Crippen LogP contribution in [0, 0.1) is 0 Å². The van der Waals surface area contributed by atoms with Crippen molar-refractivity contribution < 1.29 is 14.3 Å². The molecule has 0 aromatic heterocycles. The number of ketones is 1. The topological polar surface area (TPSA) is 47.6 Å². The number of benzene rings is 1. The molecule has 1 N–H and O–H groups in total. The van der Waals surface area contributed by atoms with Crippen molar-refractivity contribution in [2.24, 2.45) is 0 Å². The van der Waals surface area contributed by atoms with Crippen molar-refractivity contribution in [1.29, 1.82) is 0 Å². The molecular formula is C16H21NO3. The summed E-state index contributed by atoms with van der Waals surface area (Å²) in [5, 5.41) is 3.34. The number of rotatable bonds is 1. The van der Waals surface area contributed by atoms with E-state index in [9.17, 15) is 4.79 Å². The van der Waals surface area contributed by atoms with Crippen LogP contribution in [0.3, 0.4) is 0 Å². The lowest BCUT2D eigenvalue weighted by Gasteiger charge is -2.42. The molecular weight excluding hydrogens is 254 g/mol. The van der Waals surface area contributed by atoms with Gasteiger partial charge in [-0.05, 0) is 51.3 Å². The normalized spacial score (nSPS) is 21.4. The van der Waals surface area contributed by atoms with Gasteiger partial charge in [-0.2, -0.15) is 0 Å². The molecule has 0 unspecified atom stereocenters. The quantitative estimate of drug-likeness (QED) is 0.856. The average Bonchev–Trinajstić information content (AvgIpc) is 2.85. The number of Topliss-reactive ketones (excluding diaryl/α,β-unsaturated/α-hetero) is 1. The van der Waals surface area contributed by atoms with Gasteiger partial charge in [0.1, 0.15) is 0 Å². The van der Waals surface area contributed by atoms with E-state index in [0.717, 1.165) is 34.7 Å². The van der Waals surface area contributed by atoms with Crippen LogP contribution in [0.15, 0.2) is 6.07 Å². The molecule has 2 aliphatic rings. The van der Waals surface area contributed by atoms with Gasteiger partial charge >= 0.3 is 0 Å². The van der Waals surface area contributed by atoms with Gasteiger partial charge in [0.2, 0.25) is 6.79 Å². The fraction of sp³-hybridized carbons (Fsp3) is 0.562. The van der Waals surface area contributed by atoms with Gasteiger partial charge in [0.05, 0.1) is 16.6 Å². The van der Waals surface area contributed by atoms with Crippen molar-refractivity contribution in [3.05, 3.63) is 17.2 Å². The highest BCUT2D eigenvalue weighted by Gasteiger charge is 2.48. The summed E-state index contributed by atoms with van der Waals surface area (Å²) in [7, 11) is 0. The molecule has 0 saturated carbocycles. The van der Waals surface area contributed by atoms with Crippen LogP contribution in [0.5, 0.6) is 11.5 Å². The molecule has 3 rings (SSSR count). The van der Waals surface area contributed by atoms with Crippen molar-refractivity contribution in [3.8, 4) is 11.5 Å². The molecule has 0 saturated heterocycles. The maximum Gasteiger partial charge on any atom is 0.231 e. The van der Waals surface area contributed by atoms with E-state index in [-0.39, 0.29) is 12.6 Å². The Morgan fingerprint density at radius 1 is 1.20 bits per heavy atom. The van der Waals surface area contributed by atoms with Crippen LogP contribution < -0.4 is 14.8 Å². The minimum Gasteiger partial charge on any atom is -0.453 e. The maximum atomic E-state index is 12.7. The Labute approximate surface area is 119 Å². The molecule has 1 aromatic rings. The summed E-state index contributed by atoms with van der Waals surface area (Å²) >= 11 is 0.